The van der Waals surface area contributed by atoms with Crippen LogP contribution in [0.3, 0.4) is 0 Å². The van der Waals surface area contributed by atoms with Crippen molar-refractivity contribution in [3.05, 3.63) is 69.6 Å². The van der Waals surface area contributed by atoms with Gasteiger partial charge in [-0.15, -0.1) is 0 Å². The van der Waals surface area contributed by atoms with Gasteiger partial charge in [0.15, 0.2) is 0 Å². The smallest absolute Gasteiger partial charge is 0.345 e. The van der Waals surface area contributed by atoms with E-state index in [4.69, 9.17) is 27.8 Å². The predicted octanol–water partition coefficient (Wildman–Crippen LogP) is 4.06. The van der Waals surface area contributed by atoms with Gasteiger partial charge in [-0.1, -0.05) is 0 Å². The van der Waals surface area contributed by atoms with Crippen LogP contribution in [-0.4, -0.2) is 38.4 Å². The van der Waals surface area contributed by atoms with E-state index in [-0.39, 0.29) is 22.5 Å². The lowest BCUT2D eigenvalue weighted by molar-refractivity contribution is 0.395. The fourth-order valence-corrected chi connectivity index (χ4v) is 3.86. The molecule has 0 aliphatic carbocycles. The van der Waals surface area contributed by atoms with Crippen molar-refractivity contribution in [1.29, 1.82) is 0 Å². The van der Waals surface area contributed by atoms with Crippen molar-refractivity contribution >= 4 is 21.9 Å². The molecule has 3 aromatic heterocycles. The Bertz CT molecular complexity index is 1590. The summed E-state index contributed by atoms with van der Waals surface area (Å²) >= 11 is 0. The van der Waals surface area contributed by atoms with Crippen LogP contribution in [0.4, 0.5) is 0 Å². The highest BCUT2D eigenvalue weighted by Gasteiger charge is 2.17. The average Bonchev–Trinajstić information content (AvgIpc) is 2.90. The van der Waals surface area contributed by atoms with Gasteiger partial charge in [-0.05, 0) is 12.1 Å². The standard InChI is InChI=1S/C26H20N2O8/c1-31-13-5-21(33-3)17-9-15(25(29)35-23(17)7-13)19-11-28-20(12-27-19)16-10-18-22(34-4)6-14(32-2)8-24(18)36-26(16)30/h5-12H,1-4H3. The van der Waals surface area contributed by atoms with Crippen LogP contribution in [0.5, 0.6) is 23.0 Å². The number of hydrogen-bond acceptors (Lipinski definition) is 10. The Hall–Kier alpha value is -4.86. The van der Waals surface area contributed by atoms with Crippen molar-refractivity contribution in [2.45, 2.75) is 0 Å². The normalized spacial score (nSPS) is 11.0. The Morgan fingerprint density at radius 3 is 1.33 bits per heavy atom. The van der Waals surface area contributed by atoms with Crippen LogP contribution in [0, 0.1) is 0 Å². The zero-order valence-corrected chi connectivity index (χ0v) is 19.8. The SMILES string of the molecule is COc1cc(OC)c2cc(-c3cnc(-c4cc5c(OC)cc(OC)cc5oc4=O)cn3)c(=O)oc2c1. The molecule has 0 aliphatic rings. The largest absolute Gasteiger partial charge is 0.496 e. The van der Waals surface area contributed by atoms with Gasteiger partial charge >= 0.3 is 11.3 Å². The number of methoxy groups -OCH3 is 4. The second kappa shape index (κ2) is 9.06. The molecule has 0 aliphatic heterocycles. The molecule has 0 unspecified atom stereocenters. The second-order valence-corrected chi connectivity index (χ2v) is 7.66. The van der Waals surface area contributed by atoms with Crippen LogP contribution in [0.2, 0.25) is 0 Å². The summed E-state index contributed by atoms with van der Waals surface area (Å²) in [6.45, 7) is 0. The van der Waals surface area contributed by atoms with Crippen molar-refractivity contribution in [3.8, 4) is 45.5 Å². The number of rotatable bonds is 6. The third-order valence-electron chi connectivity index (χ3n) is 5.69. The molecular weight excluding hydrogens is 468 g/mol. The van der Waals surface area contributed by atoms with Crippen LogP contribution >= 0.6 is 0 Å². The lowest BCUT2D eigenvalue weighted by Gasteiger charge is -2.10. The van der Waals surface area contributed by atoms with Gasteiger partial charge in [0.2, 0.25) is 0 Å². The molecule has 2 aromatic carbocycles. The van der Waals surface area contributed by atoms with Crippen molar-refractivity contribution < 1.29 is 27.8 Å². The fourth-order valence-electron chi connectivity index (χ4n) is 3.86. The van der Waals surface area contributed by atoms with Crippen molar-refractivity contribution in [3.63, 3.8) is 0 Å². The summed E-state index contributed by atoms with van der Waals surface area (Å²) in [5.41, 5.74) is 0.299. The first-order valence-corrected chi connectivity index (χ1v) is 10.7. The first-order valence-electron chi connectivity index (χ1n) is 10.7. The lowest BCUT2D eigenvalue weighted by atomic mass is 10.1. The topological polar surface area (TPSA) is 123 Å². The minimum Gasteiger partial charge on any atom is -0.496 e. The maximum absolute atomic E-state index is 12.7. The van der Waals surface area contributed by atoms with E-state index in [1.165, 1.54) is 40.8 Å². The summed E-state index contributed by atoms with van der Waals surface area (Å²) in [4.78, 5) is 34.1. The molecule has 5 rings (SSSR count). The van der Waals surface area contributed by atoms with Gasteiger partial charge in [0.25, 0.3) is 0 Å². The van der Waals surface area contributed by atoms with Gasteiger partial charge in [0.1, 0.15) is 34.2 Å². The zero-order valence-electron chi connectivity index (χ0n) is 19.8. The summed E-state index contributed by atoms with van der Waals surface area (Å²) in [7, 11) is 6.03. The molecule has 0 saturated carbocycles. The maximum atomic E-state index is 12.7. The molecule has 0 N–H and O–H groups in total. The highest BCUT2D eigenvalue weighted by atomic mass is 16.5. The fraction of sp³-hybridized carbons (Fsp3) is 0.154. The number of benzene rings is 2. The second-order valence-electron chi connectivity index (χ2n) is 7.66. The Morgan fingerprint density at radius 1 is 0.583 bits per heavy atom. The molecule has 0 radical (unpaired) electrons. The van der Waals surface area contributed by atoms with E-state index in [9.17, 15) is 9.59 Å². The highest BCUT2D eigenvalue weighted by Crippen LogP contribution is 2.34. The Morgan fingerprint density at radius 2 is 1.00 bits per heavy atom. The maximum Gasteiger partial charge on any atom is 0.345 e. The van der Waals surface area contributed by atoms with E-state index < -0.39 is 11.3 Å². The molecule has 10 heteroatoms. The molecule has 0 saturated heterocycles. The van der Waals surface area contributed by atoms with Crippen LogP contribution in [0.15, 0.2) is 67.2 Å². The number of fused-ring (bicyclic) bond motifs is 2. The van der Waals surface area contributed by atoms with E-state index >= 15 is 0 Å². The van der Waals surface area contributed by atoms with Crippen molar-refractivity contribution in [1.82, 2.24) is 9.97 Å². The Kier molecular flexibility index (Phi) is 5.77. The van der Waals surface area contributed by atoms with Gasteiger partial charge in [0.05, 0.1) is 74.1 Å². The summed E-state index contributed by atoms with van der Waals surface area (Å²) < 4.78 is 32.3. The first kappa shape index (κ1) is 22.9. The van der Waals surface area contributed by atoms with E-state index in [0.717, 1.165) is 0 Å². The van der Waals surface area contributed by atoms with Crippen molar-refractivity contribution in [2.24, 2.45) is 0 Å². The molecule has 182 valence electrons. The van der Waals surface area contributed by atoms with Gasteiger partial charge in [0, 0.05) is 24.3 Å². The number of ether oxygens (including phenoxy) is 4. The molecule has 0 fully saturated rings. The zero-order chi connectivity index (χ0) is 25.4. The average molecular weight is 488 g/mol. The Balaban J connectivity index is 1.59. The molecule has 0 spiro atoms. The number of nitrogens with zero attached hydrogens (tertiary/aromatic N) is 2. The Labute approximate surface area is 203 Å². The van der Waals surface area contributed by atoms with Crippen LogP contribution in [0.25, 0.3) is 44.5 Å². The van der Waals surface area contributed by atoms with Crippen LogP contribution < -0.4 is 30.2 Å². The molecule has 0 atom stereocenters. The third-order valence-corrected chi connectivity index (χ3v) is 5.69. The van der Waals surface area contributed by atoms with Gasteiger partial charge in [-0.2, -0.15) is 0 Å². The molecular formula is C26H20N2O8. The minimum absolute atomic E-state index is 0.185. The van der Waals surface area contributed by atoms with Crippen LogP contribution in [0.1, 0.15) is 0 Å². The minimum atomic E-state index is -0.608. The summed E-state index contributed by atoms with van der Waals surface area (Å²) in [5, 5.41) is 1.13. The molecule has 0 bridgehead atoms. The van der Waals surface area contributed by atoms with Crippen LogP contribution in [-0.2, 0) is 0 Å². The quantitative estimate of drug-likeness (QED) is 0.323. The van der Waals surface area contributed by atoms with Gasteiger partial charge in [-0.3, -0.25) is 9.97 Å². The molecule has 0 amide bonds. The number of aromatic nitrogens is 2. The highest BCUT2D eigenvalue weighted by molar-refractivity contribution is 5.89. The summed E-state index contributed by atoms with van der Waals surface area (Å²) in [6, 6.07) is 9.80. The van der Waals surface area contributed by atoms with E-state index in [1.807, 2.05) is 0 Å². The molecule has 10 nitrogen and oxygen atoms in total. The van der Waals surface area contributed by atoms with E-state index in [1.54, 1.807) is 36.4 Å². The predicted molar refractivity (Wildman–Crippen MR) is 131 cm³/mol. The number of hydrogen-bond donors (Lipinski definition) is 0. The van der Waals surface area contributed by atoms with Crippen molar-refractivity contribution in [2.75, 3.05) is 28.4 Å². The summed E-state index contributed by atoms with van der Waals surface area (Å²) in [6.07, 6.45) is 2.77. The monoisotopic (exact) mass is 488 g/mol. The van der Waals surface area contributed by atoms with E-state index in [2.05, 4.69) is 9.97 Å². The molecule has 5 aromatic rings. The lowest BCUT2D eigenvalue weighted by Crippen LogP contribution is -2.07. The summed E-state index contributed by atoms with van der Waals surface area (Å²) in [5.74, 6) is 1.92. The first-order chi connectivity index (χ1) is 17.4. The third kappa shape index (κ3) is 3.88. The molecule has 3 heterocycles. The van der Waals surface area contributed by atoms with Gasteiger partial charge < -0.3 is 27.8 Å². The molecule has 36 heavy (non-hydrogen) atoms. The van der Waals surface area contributed by atoms with Gasteiger partial charge in [-0.25, -0.2) is 9.59 Å². The van der Waals surface area contributed by atoms with E-state index in [0.29, 0.717) is 44.9 Å².